The molecule has 138 valence electrons. The SMILES string of the molecule is C=C(N=C(/C=C\N)C(O)CC)Nc1ccc(-n2cnc(C)c2)c(OC)c1. The first-order valence-electron chi connectivity index (χ1n) is 8.28. The van der Waals surface area contributed by atoms with E-state index in [1.807, 2.05) is 42.8 Å². The number of rotatable bonds is 8. The lowest BCUT2D eigenvalue weighted by atomic mass is 10.1. The Morgan fingerprint density at radius 2 is 2.31 bits per heavy atom. The van der Waals surface area contributed by atoms with Crippen LogP contribution in [0.2, 0.25) is 0 Å². The highest BCUT2D eigenvalue weighted by atomic mass is 16.5. The normalized spacial score (nSPS) is 13.0. The van der Waals surface area contributed by atoms with Crippen molar-refractivity contribution in [2.75, 3.05) is 12.4 Å². The van der Waals surface area contributed by atoms with Crippen molar-refractivity contribution in [2.45, 2.75) is 26.4 Å². The van der Waals surface area contributed by atoms with Crippen molar-refractivity contribution >= 4 is 11.4 Å². The van der Waals surface area contributed by atoms with E-state index in [4.69, 9.17) is 10.5 Å². The highest BCUT2D eigenvalue weighted by molar-refractivity contribution is 5.99. The molecule has 26 heavy (non-hydrogen) atoms. The van der Waals surface area contributed by atoms with E-state index in [-0.39, 0.29) is 0 Å². The van der Waals surface area contributed by atoms with Gasteiger partial charge < -0.3 is 25.5 Å². The minimum Gasteiger partial charge on any atom is -0.494 e. The fourth-order valence-electron chi connectivity index (χ4n) is 2.40. The maximum Gasteiger partial charge on any atom is 0.144 e. The van der Waals surface area contributed by atoms with E-state index in [0.29, 0.717) is 23.7 Å². The first-order valence-corrected chi connectivity index (χ1v) is 8.28. The lowest BCUT2D eigenvalue weighted by Gasteiger charge is -2.14. The second-order valence-electron chi connectivity index (χ2n) is 5.70. The van der Waals surface area contributed by atoms with Crippen LogP contribution in [-0.4, -0.2) is 33.6 Å². The minimum atomic E-state index is -0.699. The number of aliphatic hydroxyl groups excluding tert-OH is 1. The fraction of sp³-hybridized carbons (Fsp3) is 0.263. The van der Waals surface area contributed by atoms with Crippen LogP contribution in [0.25, 0.3) is 5.69 Å². The lowest BCUT2D eigenvalue weighted by Crippen LogP contribution is -2.18. The van der Waals surface area contributed by atoms with Gasteiger partial charge in [0.2, 0.25) is 0 Å². The first kappa shape index (κ1) is 19.3. The molecule has 0 aliphatic rings. The highest BCUT2D eigenvalue weighted by Gasteiger charge is 2.10. The van der Waals surface area contributed by atoms with Crippen molar-refractivity contribution in [3.63, 3.8) is 0 Å². The maximum absolute atomic E-state index is 9.98. The summed E-state index contributed by atoms with van der Waals surface area (Å²) in [5.74, 6) is 1.07. The van der Waals surface area contributed by atoms with Gasteiger partial charge in [-0.2, -0.15) is 0 Å². The van der Waals surface area contributed by atoms with Gasteiger partial charge in [0.05, 0.1) is 36.6 Å². The van der Waals surface area contributed by atoms with Crippen LogP contribution in [0.3, 0.4) is 0 Å². The van der Waals surface area contributed by atoms with Gasteiger partial charge >= 0.3 is 0 Å². The number of aliphatic imine (C=N–C) groups is 1. The number of nitrogens with zero attached hydrogens (tertiary/aromatic N) is 3. The van der Waals surface area contributed by atoms with Crippen LogP contribution in [0.15, 0.2) is 60.4 Å². The molecule has 1 aromatic heterocycles. The third-order valence-electron chi connectivity index (χ3n) is 3.72. The number of aromatic nitrogens is 2. The quantitative estimate of drug-likeness (QED) is 0.633. The van der Waals surface area contributed by atoms with Gasteiger partial charge in [-0.05, 0) is 37.8 Å². The average molecular weight is 355 g/mol. The predicted molar refractivity (Wildman–Crippen MR) is 105 cm³/mol. The van der Waals surface area contributed by atoms with E-state index in [1.165, 1.54) is 6.20 Å². The molecule has 0 amide bonds. The molecule has 0 saturated heterocycles. The zero-order valence-electron chi connectivity index (χ0n) is 15.3. The Kier molecular flexibility index (Phi) is 6.57. The van der Waals surface area contributed by atoms with Gasteiger partial charge in [-0.3, -0.25) is 0 Å². The summed E-state index contributed by atoms with van der Waals surface area (Å²) in [4.78, 5) is 8.54. The molecule has 0 fully saturated rings. The maximum atomic E-state index is 9.98. The molecule has 0 aliphatic heterocycles. The summed E-state index contributed by atoms with van der Waals surface area (Å²) in [6, 6.07) is 5.66. The number of benzene rings is 1. The highest BCUT2D eigenvalue weighted by Crippen LogP contribution is 2.27. The third kappa shape index (κ3) is 4.73. The molecule has 2 aromatic rings. The monoisotopic (exact) mass is 355 g/mol. The van der Waals surface area contributed by atoms with Crippen LogP contribution in [0, 0.1) is 6.92 Å². The van der Waals surface area contributed by atoms with Crippen LogP contribution in [0.1, 0.15) is 19.0 Å². The molecule has 1 unspecified atom stereocenters. The molecule has 7 heteroatoms. The van der Waals surface area contributed by atoms with E-state index in [0.717, 1.165) is 17.1 Å². The molecular weight excluding hydrogens is 330 g/mol. The minimum absolute atomic E-state index is 0.388. The molecule has 0 saturated carbocycles. The molecule has 1 aromatic carbocycles. The van der Waals surface area contributed by atoms with Crippen molar-refractivity contribution in [3.05, 3.63) is 61.1 Å². The number of anilines is 1. The molecule has 7 nitrogen and oxygen atoms in total. The molecule has 0 spiro atoms. The van der Waals surface area contributed by atoms with Crippen LogP contribution < -0.4 is 15.8 Å². The van der Waals surface area contributed by atoms with E-state index in [1.54, 1.807) is 19.5 Å². The van der Waals surface area contributed by atoms with Gasteiger partial charge in [0.25, 0.3) is 0 Å². The van der Waals surface area contributed by atoms with E-state index >= 15 is 0 Å². The Bertz CT molecular complexity index is 823. The van der Waals surface area contributed by atoms with Crippen LogP contribution in [0.5, 0.6) is 5.75 Å². The summed E-state index contributed by atoms with van der Waals surface area (Å²) in [5, 5.41) is 13.1. The number of nitrogens with two attached hydrogens (primary N) is 1. The first-order chi connectivity index (χ1) is 12.5. The smallest absolute Gasteiger partial charge is 0.144 e. The molecule has 1 heterocycles. The Labute approximate surface area is 153 Å². The van der Waals surface area contributed by atoms with E-state index in [9.17, 15) is 5.11 Å². The Morgan fingerprint density at radius 1 is 1.54 bits per heavy atom. The van der Waals surface area contributed by atoms with Crippen LogP contribution in [0.4, 0.5) is 5.69 Å². The molecule has 2 rings (SSSR count). The number of aliphatic hydroxyl groups is 1. The zero-order valence-corrected chi connectivity index (χ0v) is 15.3. The third-order valence-corrected chi connectivity index (χ3v) is 3.72. The van der Waals surface area contributed by atoms with Crippen molar-refractivity contribution in [1.82, 2.24) is 9.55 Å². The van der Waals surface area contributed by atoms with Crippen LogP contribution >= 0.6 is 0 Å². The molecule has 1 atom stereocenters. The molecule has 0 aliphatic carbocycles. The number of ether oxygens (including phenoxy) is 1. The summed E-state index contributed by atoms with van der Waals surface area (Å²) < 4.78 is 7.38. The number of hydrogen-bond donors (Lipinski definition) is 3. The largest absolute Gasteiger partial charge is 0.494 e. The average Bonchev–Trinajstić information content (AvgIpc) is 3.06. The van der Waals surface area contributed by atoms with Crippen LogP contribution in [-0.2, 0) is 0 Å². The number of nitrogens with one attached hydrogen (secondary N) is 1. The summed E-state index contributed by atoms with van der Waals surface area (Å²) >= 11 is 0. The van der Waals surface area contributed by atoms with Gasteiger partial charge in [-0.1, -0.05) is 13.5 Å². The zero-order chi connectivity index (χ0) is 19.1. The number of imidazole rings is 1. The summed E-state index contributed by atoms with van der Waals surface area (Å²) in [6.07, 6.45) is 6.40. The topological polar surface area (TPSA) is 97.7 Å². The van der Waals surface area contributed by atoms with Crippen molar-refractivity contribution in [1.29, 1.82) is 0 Å². The molecule has 0 bridgehead atoms. The molecule has 0 radical (unpaired) electrons. The molecular formula is C19H25N5O2. The Hall–Kier alpha value is -3.06. The van der Waals surface area contributed by atoms with Crippen molar-refractivity contribution < 1.29 is 9.84 Å². The van der Waals surface area contributed by atoms with Crippen molar-refractivity contribution in [2.24, 2.45) is 10.7 Å². The van der Waals surface area contributed by atoms with Gasteiger partial charge in [-0.25, -0.2) is 9.98 Å². The number of aryl methyl sites for hydroxylation is 1. The standard InChI is InChI=1S/C19H25N5O2/c1-5-18(25)16(8-9-20)23-14(3)22-15-6-7-17(19(10-15)26-4)24-11-13(2)21-12-24/h6-12,18,22,25H,3,5,20H2,1-2,4H3/b9-8-,23-16?. The van der Waals surface area contributed by atoms with Gasteiger partial charge in [0, 0.05) is 18.0 Å². The van der Waals surface area contributed by atoms with Gasteiger partial charge in [0.15, 0.2) is 0 Å². The van der Waals surface area contributed by atoms with Gasteiger partial charge in [-0.15, -0.1) is 0 Å². The second-order valence-corrected chi connectivity index (χ2v) is 5.70. The second kappa shape index (κ2) is 8.87. The fourth-order valence-corrected chi connectivity index (χ4v) is 2.40. The van der Waals surface area contributed by atoms with Crippen molar-refractivity contribution in [3.8, 4) is 11.4 Å². The summed E-state index contributed by atoms with van der Waals surface area (Å²) in [5.41, 5.74) is 8.43. The number of methoxy groups -OCH3 is 1. The van der Waals surface area contributed by atoms with Gasteiger partial charge in [0.1, 0.15) is 11.6 Å². The molecule has 4 N–H and O–H groups in total. The lowest BCUT2D eigenvalue weighted by molar-refractivity contribution is 0.238. The summed E-state index contributed by atoms with van der Waals surface area (Å²) in [7, 11) is 1.61. The number of hydrogen-bond acceptors (Lipinski definition) is 6. The predicted octanol–water partition coefficient (Wildman–Crippen LogP) is 2.76. The summed E-state index contributed by atoms with van der Waals surface area (Å²) in [6.45, 7) is 7.68. The van der Waals surface area contributed by atoms with E-state index < -0.39 is 6.10 Å². The van der Waals surface area contributed by atoms with E-state index in [2.05, 4.69) is 21.9 Å². The Balaban J connectivity index is 2.23. The Morgan fingerprint density at radius 3 is 2.88 bits per heavy atom.